The molecule has 0 bridgehead atoms. The van der Waals surface area contributed by atoms with Crippen LogP contribution < -0.4 is 10.0 Å². The van der Waals surface area contributed by atoms with E-state index in [9.17, 15) is 8.42 Å². The largest absolute Gasteiger partial charge is 0.316 e. The summed E-state index contributed by atoms with van der Waals surface area (Å²) in [6, 6.07) is 0. The summed E-state index contributed by atoms with van der Waals surface area (Å²) in [4.78, 5) is 0. The highest BCUT2D eigenvalue weighted by Crippen LogP contribution is 2.26. The van der Waals surface area contributed by atoms with Gasteiger partial charge in [-0.2, -0.15) is 0 Å². The van der Waals surface area contributed by atoms with Crippen molar-refractivity contribution in [2.45, 2.75) is 25.0 Å². The van der Waals surface area contributed by atoms with Crippen LogP contribution in [0.2, 0.25) is 0 Å². The first-order valence-corrected chi connectivity index (χ1v) is 5.90. The Balaban J connectivity index is 2.13. The molecule has 12 heavy (non-hydrogen) atoms. The Morgan fingerprint density at radius 2 is 2.00 bits per heavy atom. The number of sulfonamides is 1. The van der Waals surface area contributed by atoms with Crippen molar-refractivity contribution < 1.29 is 8.42 Å². The highest BCUT2D eigenvalue weighted by molar-refractivity contribution is 7.90. The van der Waals surface area contributed by atoms with Gasteiger partial charge in [-0.3, -0.25) is 0 Å². The van der Waals surface area contributed by atoms with Crippen molar-refractivity contribution in [2.75, 3.05) is 19.6 Å². The predicted octanol–water partition coefficient (Wildman–Crippen LogP) is -0.322. The Morgan fingerprint density at radius 1 is 1.33 bits per heavy atom. The molecule has 0 aromatic rings. The first-order valence-electron chi connectivity index (χ1n) is 4.36. The smallest absolute Gasteiger partial charge is 0.214 e. The van der Waals surface area contributed by atoms with Crippen LogP contribution in [0.3, 0.4) is 0 Å². The predicted molar refractivity (Wildman–Crippen MR) is 48.5 cm³/mol. The first-order chi connectivity index (χ1) is 5.67. The first kappa shape index (κ1) is 9.95. The molecule has 1 aliphatic rings. The molecule has 0 saturated heterocycles. The molecule has 72 valence electrons. The normalized spacial score (nSPS) is 18.1. The zero-order chi connectivity index (χ0) is 9.03. The molecule has 5 heteroatoms. The molecule has 4 nitrogen and oxygen atoms in total. The lowest BCUT2D eigenvalue weighted by molar-refractivity contribution is 0.576. The molecule has 0 spiro atoms. The van der Waals surface area contributed by atoms with Crippen LogP contribution in [0.25, 0.3) is 0 Å². The lowest BCUT2D eigenvalue weighted by atomic mass is 10.6. The van der Waals surface area contributed by atoms with E-state index in [0.717, 1.165) is 19.4 Å². The maximum absolute atomic E-state index is 11.2. The van der Waals surface area contributed by atoms with Gasteiger partial charge in [-0.25, -0.2) is 13.1 Å². The van der Waals surface area contributed by atoms with Gasteiger partial charge in [0.25, 0.3) is 0 Å². The molecule has 1 saturated carbocycles. The fourth-order valence-corrected chi connectivity index (χ4v) is 2.33. The fraction of sp³-hybridized carbons (Fsp3) is 1.00. The lowest BCUT2D eigenvalue weighted by Gasteiger charge is -2.04. The average Bonchev–Trinajstić information content (AvgIpc) is 2.80. The molecular formula is C7H16N2O2S. The Bertz CT molecular complexity index is 222. The Labute approximate surface area is 73.8 Å². The van der Waals surface area contributed by atoms with E-state index in [-0.39, 0.29) is 5.25 Å². The third-order valence-corrected chi connectivity index (χ3v) is 3.77. The molecule has 0 atom stereocenters. The summed E-state index contributed by atoms with van der Waals surface area (Å²) in [7, 11) is -2.96. The molecule has 0 heterocycles. The van der Waals surface area contributed by atoms with Crippen LogP contribution in [-0.4, -0.2) is 33.3 Å². The van der Waals surface area contributed by atoms with Crippen LogP contribution in [-0.2, 0) is 10.0 Å². The molecule has 0 aromatic carbocycles. The van der Waals surface area contributed by atoms with E-state index in [1.807, 2.05) is 6.92 Å². The van der Waals surface area contributed by atoms with Crippen LogP contribution in [0.5, 0.6) is 0 Å². The van der Waals surface area contributed by atoms with Gasteiger partial charge in [0.05, 0.1) is 5.25 Å². The molecule has 2 N–H and O–H groups in total. The van der Waals surface area contributed by atoms with E-state index in [2.05, 4.69) is 10.0 Å². The molecular weight excluding hydrogens is 176 g/mol. The third-order valence-electron chi connectivity index (χ3n) is 1.82. The van der Waals surface area contributed by atoms with E-state index in [1.165, 1.54) is 0 Å². The molecule has 1 fully saturated rings. The van der Waals surface area contributed by atoms with E-state index < -0.39 is 10.0 Å². The zero-order valence-electron chi connectivity index (χ0n) is 7.34. The van der Waals surface area contributed by atoms with Crippen LogP contribution >= 0.6 is 0 Å². The number of hydrogen-bond acceptors (Lipinski definition) is 3. The van der Waals surface area contributed by atoms with Gasteiger partial charge in [-0.15, -0.1) is 0 Å². The van der Waals surface area contributed by atoms with Crippen LogP contribution in [0.1, 0.15) is 19.8 Å². The SMILES string of the molecule is CCNCCNS(=O)(=O)C1CC1. The molecule has 0 aromatic heterocycles. The molecule has 0 radical (unpaired) electrons. The average molecular weight is 192 g/mol. The topological polar surface area (TPSA) is 58.2 Å². The monoisotopic (exact) mass is 192 g/mol. The summed E-state index contributed by atoms with van der Waals surface area (Å²) in [5.74, 6) is 0. The minimum atomic E-state index is -2.96. The number of hydrogen-bond donors (Lipinski definition) is 2. The summed E-state index contributed by atoms with van der Waals surface area (Å²) < 4.78 is 25.0. The van der Waals surface area contributed by atoms with Gasteiger partial charge in [-0.1, -0.05) is 6.92 Å². The van der Waals surface area contributed by atoms with Crippen molar-refractivity contribution in [2.24, 2.45) is 0 Å². The standard InChI is InChI=1S/C7H16N2O2S/c1-2-8-5-6-9-12(10,11)7-3-4-7/h7-9H,2-6H2,1H3. The summed E-state index contributed by atoms with van der Waals surface area (Å²) in [5, 5.41) is 2.96. The quantitative estimate of drug-likeness (QED) is 0.567. The van der Waals surface area contributed by atoms with E-state index in [0.29, 0.717) is 13.1 Å². The second kappa shape index (κ2) is 4.20. The highest BCUT2D eigenvalue weighted by Gasteiger charge is 2.34. The highest BCUT2D eigenvalue weighted by atomic mass is 32.2. The van der Waals surface area contributed by atoms with Gasteiger partial charge < -0.3 is 5.32 Å². The third kappa shape index (κ3) is 3.08. The van der Waals surface area contributed by atoms with Crippen molar-refractivity contribution in [3.05, 3.63) is 0 Å². The van der Waals surface area contributed by atoms with E-state index in [4.69, 9.17) is 0 Å². The van der Waals surface area contributed by atoms with E-state index >= 15 is 0 Å². The second-order valence-corrected chi connectivity index (χ2v) is 5.04. The summed E-state index contributed by atoms with van der Waals surface area (Å²) in [6.07, 6.45) is 1.66. The maximum atomic E-state index is 11.2. The lowest BCUT2D eigenvalue weighted by Crippen LogP contribution is -2.33. The minimum Gasteiger partial charge on any atom is -0.316 e. The summed E-state index contributed by atoms with van der Waals surface area (Å²) >= 11 is 0. The number of nitrogens with one attached hydrogen (secondary N) is 2. The van der Waals surface area contributed by atoms with Crippen molar-refractivity contribution in [1.82, 2.24) is 10.0 Å². The van der Waals surface area contributed by atoms with Crippen LogP contribution in [0.4, 0.5) is 0 Å². The maximum Gasteiger partial charge on any atom is 0.214 e. The summed E-state index contributed by atoms with van der Waals surface area (Å²) in [5.41, 5.74) is 0. The Morgan fingerprint density at radius 3 is 2.50 bits per heavy atom. The molecule has 0 aliphatic heterocycles. The van der Waals surface area contributed by atoms with Crippen molar-refractivity contribution in [3.63, 3.8) is 0 Å². The van der Waals surface area contributed by atoms with Crippen LogP contribution in [0.15, 0.2) is 0 Å². The zero-order valence-corrected chi connectivity index (χ0v) is 8.15. The van der Waals surface area contributed by atoms with Gasteiger partial charge >= 0.3 is 0 Å². The molecule has 1 rings (SSSR count). The molecule has 1 aliphatic carbocycles. The van der Waals surface area contributed by atoms with E-state index in [1.54, 1.807) is 0 Å². The number of likely N-dealkylation sites (N-methyl/N-ethyl adjacent to an activating group) is 1. The number of rotatable bonds is 6. The van der Waals surface area contributed by atoms with Gasteiger partial charge in [0.1, 0.15) is 0 Å². The Hall–Kier alpha value is -0.130. The van der Waals surface area contributed by atoms with Crippen molar-refractivity contribution in [3.8, 4) is 0 Å². The second-order valence-electron chi connectivity index (χ2n) is 2.99. The summed E-state index contributed by atoms with van der Waals surface area (Å²) in [6.45, 7) is 4.09. The molecule has 0 amide bonds. The van der Waals surface area contributed by atoms with Gasteiger partial charge in [0.15, 0.2) is 0 Å². The van der Waals surface area contributed by atoms with Gasteiger partial charge in [-0.05, 0) is 19.4 Å². The van der Waals surface area contributed by atoms with Gasteiger partial charge in [0, 0.05) is 13.1 Å². The minimum absolute atomic E-state index is 0.0980. The van der Waals surface area contributed by atoms with Gasteiger partial charge in [0.2, 0.25) is 10.0 Å². The van der Waals surface area contributed by atoms with Crippen LogP contribution in [0, 0.1) is 0 Å². The van der Waals surface area contributed by atoms with Crippen molar-refractivity contribution in [1.29, 1.82) is 0 Å². The Kier molecular flexibility index (Phi) is 3.49. The van der Waals surface area contributed by atoms with Crippen molar-refractivity contribution >= 4 is 10.0 Å². The molecule has 0 unspecified atom stereocenters. The fourth-order valence-electron chi connectivity index (χ4n) is 0.955.